The van der Waals surface area contributed by atoms with Gasteiger partial charge in [0.1, 0.15) is 5.60 Å². The molecule has 3 N–H and O–H groups in total. The van der Waals surface area contributed by atoms with E-state index in [1.54, 1.807) is 27.7 Å². The Balaban J connectivity index is 2.75. The molecule has 1 aliphatic rings. The Morgan fingerprint density at radius 2 is 1.93 bits per heavy atom. The molecule has 1 amide bonds. The number of sulfone groups is 1. The maximum atomic E-state index is 12.9. The average Bonchev–Trinajstić information content (AvgIpc) is 3.01. The zero-order valence-electron chi connectivity index (χ0n) is 17.6. The van der Waals surface area contributed by atoms with Crippen LogP contribution in [0.15, 0.2) is 23.1 Å². The van der Waals surface area contributed by atoms with Crippen LogP contribution in [0.1, 0.15) is 59.1 Å². The van der Waals surface area contributed by atoms with E-state index >= 15 is 0 Å². The predicted molar refractivity (Wildman–Crippen MR) is 109 cm³/mol. The van der Waals surface area contributed by atoms with Gasteiger partial charge in [-0.05, 0) is 57.4 Å². The van der Waals surface area contributed by atoms with Gasteiger partial charge in [0.15, 0.2) is 9.84 Å². The fourth-order valence-corrected chi connectivity index (χ4v) is 4.95. The van der Waals surface area contributed by atoms with Gasteiger partial charge in [0.25, 0.3) is 0 Å². The summed E-state index contributed by atoms with van der Waals surface area (Å²) >= 11 is 0. The van der Waals surface area contributed by atoms with E-state index in [0.29, 0.717) is 5.69 Å². The normalized spacial score (nSPS) is 22.5. The number of carbonyl (C=O) groups excluding carboxylic acids is 1. The average molecular weight is 427 g/mol. The molecule has 1 aromatic carbocycles. The fraction of sp³-hybridized carbons (Fsp3) is 0.600. The minimum atomic E-state index is -3.68. The number of nitrogen functional groups attached to an aromatic ring is 1. The highest BCUT2D eigenvalue weighted by Gasteiger charge is 2.55. The van der Waals surface area contributed by atoms with Crippen molar-refractivity contribution in [1.82, 2.24) is 4.90 Å². The third kappa shape index (κ3) is 4.34. The summed E-state index contributed by atoms with van der Waals surface area (Å²) in [6.45, 7) is 8.52. The maximum Gasteiger partial charge on any atom is 0.410 e. The molecular formula is C20H30N2O6S. The van der Waals surface area contributed by atoms with Crippen LogP contribution in [0.25, 0.3) is 0 Å². The van der Waals surface area contributed by atoms with E-state index in [1.165, 1.54) is 30.0 Å². The number of nitrogens with zero attached hydrogens (tertiary/aromatic N) is 1. The second-order valence-electron chi connectivity index (χ2n) is 8.34. The first-order valence-electron chi connectivity index (χ1n) is 9.64. The molecule has 2 atom stereocenters. The molecule has 1 aromatic rings. The second kappa shape index (κ2) is 7.85. The van der Waals surface area contributed by atoms with Crippen LogP contribution in [0, 0.1) is 5.41 Å². The smallest absolute Gasteiger partial charge is 0.410 e. The topological polar surface area (TPSA) is 127 Å². The summed E-state index contributed by atoms with van der Waals surface area (Å²) in [6.07, 6.45) is -0.281. The highest BCUT2D eigenvalue weighted by Crippen LogP contribution is 2.52. The van der Waals surface area contributed by atoms with E-state index in [1.807, 2.05) is 0 Å². The van der Waals surface area contributed by atoms with Crippen molar-refractivity contribution in [3.05, 3.63) is 23.8 Å². The molecule has 2 rings (SSSR count). The fourth-order valence-electron chi connectivity index (χ4n) is 3.83. The van der Waals surface area contributed by atoms with Gasteiger partial charge in [-0.3, -0.25) is 9.69 Å². The predicted octanol–water partition coefficient (Wildman–Crippen LogP) is 3.23. The van der Waals surface area contributed by atoms with Crippen LogP contribution in [0.3, 0.4) is 0 Å². The minimum absolute atomic E-state index is 0.00580. The number of ether oxygens (including phenoxy) is 1. The molecule has 1 heterocycles. The number of carboxylic acids is 1. The van der Waals surface area contributed by atoms with E-state index < -0.39 is 39.0 Å². The maximum absolute atomic E-state index is 12.9. The van der Waals surface area contributed by atoms with Crippen LogP contribution in [-0.2, 0) is 19.4 Å². The molecule has 1 fully saturated rings. The molecule has 0 unspecified atom stereocenters. The number of benzene rings is 1. The van der Waals surface area contributed by atoms with Crippen molar-refractivity contribution in [2.24, 2.45) is 5.41 Å². The molecule has 29 heavy (non-hydrogen) atoms. The first kappa shape index (κ1) is 23.0. The van der Waals surface area contributed by atoms with Gasteiger partial charge in [-0.2, -0.15) is 0 Å². The zero-order chi connectivity index (χ0) is 22.2. The Labute approximate surface area is 171 Å². The number of carbonyl (C=O) groups is 2. The molecule has 0 aliphatic carbocycles. The standard InChI is InChI=1S/C20H30N2O6S/c1-6-20(17(23)24)10-11-22(18(25)28-19(3,4)5)16(20)14-12-13(21)8-9-15(14)29(26,27)7-2/h8-9,12,16H,6-7,10-11,21H2,1-5H3,(H,23,24)/t16-,20+/m0/s1. The van der Waals surface area contributed by atoms with Gasteiger partial charge in [0.05, 0.1) is 22.1 Å². The number of carboxylic acid groups (broad SMARTS) is 1. The Hall–Kier alpha value is -2.29. The summed E-state index contributed by atoms with van der Waals surface area (Å²) in [4.78, 5) is 26.6. The molecule has 1 aliphatic heterocycles. The summed E-state index contributed by atoms with van der Waals surface area (Å²) in [5.41, 5.74) is 4.32. The lowest BCUT2D eigenvalue weighted by Crippen LogP contribution is -2.42. The Morgan fingerprint density at radius 1 is 1.31 bits per heavy atom. The SMILES string of the molecule is CC[C@@]1(C(=O)O)CCN(C(=O)OC(C)(C)C)[C@H]1c1cc(N)ccc1S(=O)(=O)CC. The molecule has 9 heteroatoms. The lowest BCUT2D eigenvalue weighted by molar-refractivity contribution is -0.151. The second-order valence-corrected chi connectivity index (χ2v) is 10.6. The van der Waals surface area contributed by atoms with Gasteiger partial charge in [-0.1, -0.05) is 13.8 Å². The number of nitrogens with two attached hydrogens (primary N) is 1. The first-order chi connectivity index (χ1) is 13.3. The van der Waals surface area contributed by atoms with E-state index in [4.69, 9.17) is 10.5 Å². The number of amides is 1. The molecule has 0 spiro atoms. The lowest BCUT2D eigenvalue weighted by Gasteiger charge is -2.36. The van der Waals surface area contributed by atoms with Crippen molar-refractivity contribution in [3.8, 4) is 0 Å². The highest BCUT2D eigenvalue weighted by molar-refractivity contribution is 7.91. The zero-order valence-corrected chi connectivity index (χ0v) is 18.4. The summed E-state index contributed by atoms with van der Waals surface area (Å²) in [5, 5.41) is 10.1. The summed E-state index contributed by atoms with van der Waals surface area (Å²) in [7, 11) is -3.68. The number of rotatable bonds is 5. The number of aliphatic carboxylic acids is 1. The van der Waals surface area contributed by atoms with Crippen LogP contribution < -0.4 is 5.73 Å². The van der Waals surface area contributed by atoms with Crippen molar-refractivity contribution in [2.45, 2.75) is 64.0 Å². The first-order valence-corrected chi connectivity index (χ1v) is 11.3. The van der Waals surface area contributed by atoms with Crippen molar-refractivity contribution in [3.63, 3.8) is 0 Å². The van der Waals surface area contributed by atoms with Crippen LogP contribution in [-0.4, -0.2) is 48.4 Å². The van der Waals surface area contributed by atoms with E-state index in [0.717, 1.165) is 0 Å². The van der Waals surface area contributed by atoms with Crippen LogP contribution in [0.5, 0.6) is 0 Å². The largest absolute Gasteiger partial charge is 0.481 e. The molecule has 0 radical (unpaired) electrons. The van der Waals surface area contributed by atoms with Crippen molar-refractivity contribution < 1.29 is 27.9 Å². The molecule has 0 saturated carbocycles. The molecular weight excluding hydrogens is 396 g/mol. The summed E-state index contributed by atoms with van der Waals surface area (Å²) in [5.74, 6) is -1.24. The van der Waals surface area contributed by atoms with Gasteiger partial charge in [-0.25, -0.2) is 13.2 Å². The third-order valence-electron chi connectivity index (χ3n) is 5.36. The van der Waals surface area contributed by atoms with Gasteiger partial charge in [-0.15, -0.1) is 0 Å². The summed E-state index contributed by atoms with van der Waals surface area (Å²) < 4.78 is 31.0. The van der Waals surface area contributed by atoms with Crippen molar-refractivity contribution in [2.75, 3.05) is 18.0 Å². The highest BCUT2D eigenvalue weighted by atomic mass is 32.2. The molecule has 8 nitrogen and oxygen atoms in total. The lowest BCUT2D eigenvalue weighted by atomic mass is 9.75. The Morgan fingerprint density at radius 3 is 2.41 bits per heavy atom. The van der Waals surface area contributed by atoms with Crippen molar-refractivity contribution in [1.29, 1.82) is 0 Å². The summed E-state index contributed by atoms with van der Waals surface area (Å²) in [6, 6.07) is 3.30. The monoisotopic (exact) mass is 426 g/mol. The van der Waals surface area contributed by atoms with Crippen LogP contribution in [0.2, 0.25) is 0 Å². The Kier molecular flexibility index (Phi) is 6.23. The van der Waals surface area contributed by atoms with Crippen LogP contribution >= 0.6 is 0 Å². The quantitative estimate of drug-likeness (QED) is 0.692. The van der Waals surface area contributed by atoms with Gasteiger partial charge < -0.3 is 15.6 Å². The number of hydrogen-bond donors (Lipinski definition) is 2. The van der Waals surface area contributed by atoms with E-state index in [-0.39, 0.29) is 35.6 Å². The van der Waals surface area contributed by atoms with Crippen LogP contribution in [0.4, 0.5) is 10.5 Å². The van der Waals surface area contributed by atoms with Crippen molar-refractivity contribution >= 4 is 27.6 Å². The Bertz CT molecular complexity index is 906. The third-order valence-corrected chi connectivity index (χ3v) is 7.16. The van der Waals surface area contributed by atoms with Gasteiger partial charge in [0.2, 0.25) is 0 Å². The number of hydrogen-bond acceptors (Lipinski definition) is 6. The van der Waals surface area contributed by atoms with Gasteiger partial charge >= 0.3 is 12.1 Å². The molecule has 0 bridgehead atoms. The molecule has 162 valence electrons. The molecule has 0 aromatic heterocycles. The number of likely N-dealkylation sites (tertiary alicyclic amines) is 1. The van der Waals surface area contributed by atoms with E-state index in [2.05, 4.69) is 0 Å². The molecule has 1 saturated heterocycles. The van der Waals surface area contributed by atoms with Gasteiger partial charge in [0, 0.05) is 12.2 Å². The number of anilines is 1. The minimum Gasteiger partial charge on any atom is -0.481 e. The van der Waals surface area contributed by atoms with E-state index in [9.17, 15) is 23.1 Å².